The molecule has 1 aromatic rings. The largest absolute Gasteiger partial charge is 0.372 e. The number of rotatable bonds is 9. The molecule has 0 saturated carbocycles. The first-order chi connectivity index (χ1) is 10.8. The zero-order valence-corrected chi connectivity index (χ0v) is 15.2. The van der Waals surface area contributed by atoms with Crippen LogP contribution in [0.3, 0.4) is 0 Å². The second-order valence-electron chi connectivity index (χ2n) is 5.16. The summed E-state index contributed by atoms with van der Waals surface area (Å²) in [6.07, 6.45) is 0. The lowest BCUT2D eigenvalue weighted by molar-refractivity contribution is -0.116. The number of carbonyl (C=O) groups excluding carboxylic acids is 1. The summed E-state index contributed by atoms with van der Waals surface area (Å²) in [7, 11) is -3.24. The predicted molar refractivity (Wildman–Crippen MR) is 95.5 cm³/mol. The van der Waals surface area contributed by atoms with E-state index in [1.54, 1.807) is 11.8 Å². The minimum absolute atomic E-state index is 0.0334. The van der Waals surface area contributed by atoms with Crippen molar-refractivity contribution in [2.24, 2.45) is 0 Å². The fourth-order valence-corrected chi connectivity index (χ4v) is 2.92. The molecular weight excluding hydrogens is 314 g/mol. The summed E-state index contributed by atoms with van der Waals surface area (Å²) in [6.45, 7) is 9.60. The monoisotopic (exact) mass is 341 g/mol. The van der Waals surface area contributed by atoms with Crippen molar-refractivity contribution in [3.8, 4) is 0 Å². The average molecular weight is 341 g/mol. The lowest BCUT2D eigenvalue weighted by Gasteiger charge is -2.24. The Morgan fingerprint density at radius 1 is 1.04 bits per heavy atom. The van der Waals surface area contributed by atoms with Crippen LogP contribution in [0.25, 0.3) is 0 Å². The Hall–Kier alpha value is -1.60. The van der Waals surface area contributed by atoms with Gasteiger partial charge >= 0.3 is 0 Å². The van der Waals surface area contributed by atoms with Crippen LogP contribution < -0.4 is 14.5 Å². The van der Waals surface area contributed by atoms with E-state index in [0.29, 0.717) is 6.54 Å². The van der Waals surface area contributed by atoms with Gasteiger partial charge in [-0.15, -0.1) is 0 Å². The second kappa shape index (κ2) is 8.88. The Kier molecular flexibility index (Phi) is 7.51. The highest BCUT2D eigenvalue weighted by Gasteiger charge is 2.13. The number of anilines is 2. The summed E-state index contributed by atoms with van der Waals surface area (Å²) in [5.41, 5.74) is 1.87. The van der Waals surface area contributed by atoms with Crippen molar-refractivity contribution in [3.63, 3.8) is 0 Å². The molecule has 0 heterocycles. The molecule has 0 bridgehead atoms. The fraction of sp³-hybridized carbons (Fsp3) is 0.562. The maximum atomic E-state index is 11.8. The van der Waals surface area contributed by atoms with Crippen LogP contribution in [0, 0.1) is 0 Å². The lowest BCUT2D eigenvalue weighted by atomic mass is 10.2. The zero-order valence-electron chi connectivity index (χ0n) is 14.4. The summed E-state index contributed by atoms with van der Waals surface area (Å²) < 4.78 is 25.4. The van der Waals surface area contributed by atoms with Gasteiger partial charge in [-0.3, -0.25) is 4.79 Å². The van der Waals surface area contributed by atoms with Crippen LogP contribution in [-0.2, 0) is 14.8 Å². The maximum absolute atomic E-state index is 11.8. The van der Waals surface area contributed by atoms with E-state index in [-0.39, 0.29) is 18.2 Å². The summed E-state index contributed by atoms with van der Waals surface area (Å²) in [5, 5.41) is 0. The number of nitrogens with one attached hydrogen (secondary N) is 1. The van der Waals surface area contributed by atoms with Crippen LogP contribution in [0.5, 0.6) is 0 Å². The first-order valence-corrected chi connectivity index (χ1v) is 9.60. The van der Waals surface area contributed by atoms with Crippen molar-refractivity contribution in [2.75, 3.05) is 41.7 Å². The van der Waals surface area contributed by atoms with Crippen molar-refractivity contribution in [3.05, 3.63) is 24.3 Å². The van der Waals surface area contributed by atoms with Crippen molar-refractivity contribution in [2.45, 2.75) is 27.7 Å². The van der Waals surface area contributed by atoms with Gasteiger partial charge in [0, 0.05) is 44.5 Å². The van der Waals surface area contributed by atoms with Gasteiger partial charge in [0.15, 0.2) is 0 Å². The molecule has 0 aliphatic carbocycles. The summed E-state index contributed by atoms with van der Waals surface area (Å²) in [4.78, 5) is 15.6. The first kappa shape index (κ1) is 19.4. The smallest absolute Gasteiger partial charge is 0.223 e. The Labute approximate surface area is 139 Å². The van der Waals surface area contributed by atoms with Gasteiger partial charge in [0.2, 0.25) is 15.9 Å². The summed E-state index contributed by atoms with van der Waals surface area (Å²) >= 11 is 0. The van der Waals surface area contributed by atoms with Gasteiger partial charge in [-0.25, -0.2) is 13.1 Å². The molecule has 0 spiro atoms. The van der Waals surface area contributed by atoms with Crippen molar-refractivity contribution in [1.82, 2.24) is 4.72 Å². The number of amides is 1. The van der Waals surface area contributed by atoms with Gasteiger partial charge < -0.3 is 9.80 Å². The van der Waals surface area contributed by atoms with E-state index in [4.69, 9.17) is 0 Å². The van der Waals surface area contributed by atoms with Crippen LogP contribution in [0.2, 0.25) is 0 Å². The number of hydrogen-bond donors (Lipinski definition) is 1. The molecule has 130 valence electrons. The SMILES string of the molecule is CCN(CC)c1ccc(N(CCNS(=O)(=O)CC)C(C)=O)cc1. The first-order valence-electron chi connectivity index (χ1n) is 7.95. The number of hydrogen-bond acceptors (Lipinski definition) is 4. The summed E-state index contributed by atoms with van der Waals surface area (Å²) in [5.74, 6) is -0.0812. The number of carbonyl (C=O) groups is 1. The Morgan fingerprint density at radius 3 is 2.00 bits per heavy atom. The molecule has 6 nitrogen and oxygen atoms in total. The van der Waals surface area contributed by atoms with Gasteiger partial charge in [-0.05, 0) is 45.0 Å². The molecule has 1 amide bonds. The molecule has 0 unspecified atom stereocenters. The van der Waals surface area contributed by atoms with E-state index in [1.165, 1.54) is 6.92 Å². The molecule has 7 heteroatoms. The van der Waals surface area contributed by atoms with Crippen LogP contribution in [0.15, 0.2) is 24.3 Å². The molecule has 1 rings (SSSR count). The maximum Gasteiger partial charge on any atom is 0.223 e. The molecule has 0 aliphatic rings. The van der Waals surface area contributed by atoms with Gasteiger partial charge in [-0.2, -0.15) is 0 Å². The van der Waals surface area contributed by atoms with Crippen LogP contribution in [-0.4, -0.2) is 46.3 Å². The Morgan fingerprint density at radius 2 is 1.57 bits per heavy atom. The van der Waals surface area contributed by atoms with E-state index in [9.17, 15) is 13.2 Å². The number of nitrogens with zero attached hydrogens (tertiary/aromatic N) is 2. The van der Waals surface area contributed by atoms with Gasteiger partial charge in [0.05, 0.1) is 5.75 Å². The van der Waals surface area contributed by atoms with Crippen LogP contribution in [0.4, 0.5) is 11.4 Å². The van der Waals surface area contributed by atoms with Crippen molar-refractivity contribution < 1.29 is 13.2 Å². The van der Waals surface area contributed by atoms with Crippen LogP contribution >= 0.6 is 0 Å². The number of sulfonamides is 1. The van der Waals surface area contributed by atoms with E-state index >= 15 is 0 Å². The quantitative estimate of drug-likeness (QED) is 0.744. The molecular formula is C16H27N3O3S. The lowest BCUT2D eigenvalue weighted by Crippen LogP contribution is -2.38. The fourth-order valence-electron chi connectivity index (χ4n) is 2.32. The highest BCUT2D eigenvalue weighted by Crippen LogP contribution is 2.20. The molecule has 1 aromatic carbocycles. The topological polar surface area (TPSA) is 69.7 Å². The van der Waals surface area contributed by atoms with Crippen molar-refractivity contribution in [1.29, 1.82) is 0 Å². The molecule has 0 fully saturated rings. The van der Waals surface area contributed by atoms with Gasteiger partial charge in [0.1, 0.15) is 0 Å². The molecule has 1 N–H and O–H groups in total. The van der Waals surface area contributed by atoms with Crippen molar-refractivity contribution >= 4 is 27.3 Å². The third kappa shape index (κ3) is 5.84. The summed E-state index contributed by atoms with van der Waals surface area (Å²) in [6, 6.07) is 7.75. The Bertz CT molecular complexity index is 596. The molecule has 0 atom stereocenters. The third-order valence-corrected chi connectivity index (χ3v) is 5.11. The van der Waals surface area contributed by atoms with Crippen LogP contribution in [0.1, 0.15) is 27.7 Å². The second-order valence-corrected chi connectivity index (χ2v) is 7.25. The molecule has 0 radical (unpaired) electrons. The van der Waals surface area contributed by atoms with Gasteiger partial charge in [0.25, 0.3) is 0 Å². The predicted octanol–water partition coefficient (Wildman–Crippen LogP) is 1.82. The minimum atomic E-state index is -3.24. The average Bonchev–Trinajstić information content (AvgIpc) is 2.53. The molecule has 0 saturated heterocycles. The van der Waals surface area contributed by atoms with E-state index in [2.05, 4.69) is 23.5 Å². The standard InChI is InChI=1S/C16H27N3O3S/c1-5-18(6-2)15-8-10-16(11-9-15)19(14(4)20)13-12-17-23(21,22)7-3/h8-11,17H,5-7,12-13H2,1-4H3. The highest BCUT2D eigenvalue weighted by atomic mass is 32.2. The normalized spacial score (nSPS) is 11.3. The number of benzene rings is 1. The highest BCUT2D eigenvalue weighted by molar-refractivity contribution is 7.89. The van der Waals surface area contributed by atoms with Gasteiger partial charge in [-0.1, -0.05) is 0 Å². The molecule has 0 aromatic heterocycles. The van der Waals surface area contributed by atoms with E-state index < -0.39 is 10.0 Å². The van der Waals surface area contributed by atoms with E-state index in [0.717, 1.165) is 24.5 Å². The Balaban J connectivity index is 2.80. The minimum Gasteiger partial charge on any atom is -0.372 e. The third-order valence-electron chi connectivity index (χ3n) is 3.71. The molecule has 0 aliphatic heterocycles. The van der Waals surface area contributed by atoms with E-state index in [1.807, 2.05) is 24.3 Å². The molecule has 23 heavy (non-hydrogen) atoms. The zero-order chi connectivity index (χ0) is 17.5.